The van der Waals surface area contributed by atoms with Gasteiger partial charge in [0.15, 0.2) is 0 Å². The van der Waals surface area contributed by atoms with Crippen LogP contribution in [0.1, 0.15) is 43.7 Å². The zero-order valence-electron chi connectivity index (χ0n) is 12.4. The topological polar surface area (TPSA) is 62.2 Å². The molecule has 4 nitrogen and oxygen atoms in total. The molecule has 0 saturated heterocycles. The Bertz CT molecular complexity index is 434. The van der Waals surface area contributed by atoms with Crippen molar-refractivity contribution >= 4 is 11.8 Å². The van der Waals surface area contributed by atoms with E-state index in [-0.39, 0.29) is 5.56 Å². The van der Waals surface area contributed by atoms with E-state index in [1.54, 1.807) is 19.1 Å². The number of carboxylic acids is 1. The van der Waals surface area contributed by atoms with Gasteiger partial charge in [0.2, 0.25) is 0 Å². The first-order valence-electron chi connectivity index (χ1n) is 6.77. The van der Waals surface area contributed by atoms with E-state index in [4.69, 9.17) is 5.11 Å². The highest BCUT2D eigenvalue weighted by atomic mass is 16.4. The zero-order valence-corrected chi connectivity index (χ0v) is 12.4. The maximum atomic E-state index is 10.9. The van der Waals surface area contributed by atoms with Crippen molar-refractivity contribution in [2.75, 3.05) is 11.9 Å². The Hall–Kier alpha value is -1.58. The number of aryl methyl sites for hydroxylation is 1. The van der Waals surface area contributed by atoms with Gasteiger partial charge in [-0.2, -0.15) is 0 Å². The maximum Gasteiger partial charge on any atom is 0.337 e. The second-order valence-electron chi connectivity index (χ2n) is 5.67. The SMILES string of the molecule is Cc1nc(NCC(C(C)C)C(C)C)ccc1C(=O)O. The fourth-order valence-electron chi connectivity index (χ4n) is 2.35. The van der Waals surface area contributed by atoms with Crippen LogP contribution in [0.15, 0.2) is 12.1 Å². The predicted molar refractivity (Wildman–Crippen MR) is 77.6 cm³/mol. The minimum Gasteiger partial charge on any atom is -0.478 e. The van der Waals surface area contributed by atoms with Gasteiger partial charge in [0, 0.05) is 6.54 Å². The molecule has 0 aromatic carbocycles. The first-order valence-corrected chi connectivity index (χ1v) is 6.77. The average Bonchev–Trinajstić information content (AvgIpc) is 2.27. The molecule has 4 heteroatoms. The molecule has 0 aliphatic heterocycles. The summed E-state index contributed by atoms with van der Waals surface area (Å²) in [5, 5.41) is 12.3. The summed E-state index contributed by atoms with van der Waals surface area (Å²) in [6, 6.07) is 3.33. The van der Waals surface area contributed by atoms with E-state index >= 15 is 0 Å². The van der Waals surface area contributed by atoms with E-state index in [0.717, 1.165) is 12.4 Å². The summed E-state index contributed by atoms with van der Waals surface area (Å²) in [6.45, 7) is 11.5. The highest BCUT2D eigenvalue weighted by molar-refractivity contribution is 5.89. The van der Waals surface area contributed by atoms with Crippen LogP contribution in [0, 0.1) is 24.7 Å². The first kappa shape index (κ1) is 15.5. The number of hydrogen-bond acceptors (Lipinski definition) is 3. The molecule has 0 amide bonds. The number of rotatable bonds is 6. The molecule has 2 N–H and O–H groups in total. The second kappa shape index (κ2) is 6.55. The van der Waals surface area contributed by atoms with Crippen LogP contribution in [-0.2, 0) is 0 Å². The van der Waals surface area contributed by atoms with Gasteiger partial charge in [-0.3, -0.25) is 0 Å². The lowest BCUT2D eigenvalue weighted by atomic mass is 9.85. The highest BCUT2D eigenvalue weighted by Gasteiger charge is 2.17. The van der Waals surface area contributed by atoms with Gasteiger partial charge < -0.3 is 10.4 Å². The molecular formula is C15H24N2O2. The van der Waals surface area contributed by atoms with Gasteiger partial charge in [0.05, 0.1) is 11.3 Å². The molecule has 0 saturated carbocycles. The number of anilines is 1. The molecule has 1 heterocycles. The van der Waals surface area contributed by atoms with Crippen molar-refractivity contribution in [2.24, 2.45) is 17.8 Å². The lowest BCUT2D eigenvalue weighted by molar-refractivity contribution is 0.0695. The molecule has 0 bridgehead atoms. The third-order valence-corrected chi connectivity index (χ3v) is 3.55. The summed E-state index contributed by atoms with van der Waals surface area (Å²) < 4.78 is 0. The lowest BCUT2D eigenvalue weighted by Gasteiger charge is -2.25. The Morgan fingerprint density at radius 2 is 1.84 bits per heavy atom. The fourth-order valence-corrected chi connectivity index (χ4v) is 2.35. The third-order valence-electron chi connectivity index (χ3n) is 3.55. The van der Waals surface area contributed by atoms with Crippen molar-refractivity contribution in [3.8, 4) is 0 Å². The normalized spacial score (nSPS) is 11.4. The minimum atomic E-state index is -0.932. The molecule has 0 spiro atoms. The molecule has 106 valence electrons. The van der Waals surface area contributed by atoms with Crippen molar-refractivity contribution in [2.45, 2.75) is 34.6 Å². The van der Waals surface area contributed by atoms with Gasteiger partial charge in [0.1, 0.15) is 5.82 Å². The number of carbonyl (C=O) groups is 1. The second-order valence-corrected chi connectivity index (χ2v) is 5.67. The lowest BCUT2D eigenvalue weighted by Crippen LogP contribution is -2.25. The standard InChI is InChI=1S/C15H24N2O2/c1-9(2)13(10(3)4)8-16-14-7-6-12(15(18)19)11(5)17-14/h6-7,9-10,13H,8H2,1-5H3,(H,16,17)(H,18,19). The molecular weight excluding hydrogens is 240 g/mol. The van der Waals surface area contributed by atoms with Gasteiger partial charge in [-0.05, 0) is 36.8 Å². The van der Waals surface area contributed by atoms with Crippen molar-refractivity contribution in [3.05, 3.63) is 23.4 Å². The Kier molecular flexibility index (Phi) is 5.33. The van der Waals surface area contributed by atoms with Gasteiger partial charge in [-0.15, -0.1) is 0 Å². The number of nitrogens with zero attached hydrogens (tertiary/aromatic N) is 1. The summed E-state index contributed by atoms with van der Waals surface area (Å²) in [4.78, 5) is 15.2. The van der Waals surface area contributed by atoms with Crippen molar-refractivity contribution in [1.82, 2.24) is 4.98 Å². The summed E-state index contributed by atoms with van der Waals surface area (Å²) in [6.07, 6.45) is 0. The smallest absolute Gasteiger partial charge is 0.337 e. The molecule has 0 unspecified atom stereocenters. The van der Waals surface area contributed by atoms with E-state index < -0.39 is 5.97 Å². The van der Waals surface area contributed by atoms with Crippen LogP contribution in [-0.4, -0.2) is 22.6 Å². The quantitative estimate of drug-likeness (QED) is 0.826. The molecule has 0 fully saturated rings. The molecule has 1 aromatic heterocycles. The van der Waals surface area contributed by atoms with Crippen LogP contribution in [0.2, 0.25) is 0 Å². The van der Waals surface area contributed by atoms with E-state index in [1.165, 1.54) is 0 Å². The summed E-state index contributed by atoms with van der Waals surface area (Å²) in [5.41, 5.74) is 0.804. The van der Waals surface area contributed by atoms with Crippen LogP contribution in [0.4, 0.5) is 5.82 Å². The molecule has 0 atom stereocenters. The van der Waals surface area contributed by atoms with E-state index in [1.807, 2.05) is 0 Å². The van der Waals surface area contributed by atoms with Crippen LogP contribution in [0.25, 0.3) is 0 Å². The van der Waals surface area contributed by atoms with Gasteiger partial charge in [-0.25, -0.2) is 9.78 Å². The van der Waals surface area contributed by atoms with Crippen molar-refractivity contribution in [1.29, 1.82) is 0 Å². The predicted octanol–water partition coefficient (Wildman–Crippen LogP) is 3.43. The molecule has 0 radical (unpaired) electrons. The van der Waals surface area contributed by atoms with Crippen LogP contribution in [0.3, 0.4) is 0 Å². The monoisotopic (exact) mass is 264 g/mol. The first-order chi connectivity index (χ1) is 8.82. The van der Waals surface area contributed by atoms with Gasteiger partial charge in [0.25, 0.3) is 0 Å². The van der Waals surface area contributed by atoms with E-state index in [9.17, 15) is 4.79 Å². The maximum absolute atomic E-state index is 10.9. The fraction of sp³-hybridized carbons (Fsp3) is 0.600. The van der Waals surface area contributed by atoms with Crippen molar-refractivity contribution in [3.63, 3.8) is 0 Å². The summed E-state index contributed by atoms with van der Waals surface area (Å²) in [7, 11) is 0. The molecule has 1 aromatic rings. The third kappa shape index (κ3) is 4.23. The van der Waals surface area contributed by atoms with Crippen molar-refractivity contribution < 1.29 is 9.90 Å². The number of hydrogen-bond donors (Lipinski definition) is 2. The zero-order chi connectivity index (χ0) is 14.6. The molecule has 19 heavy (non-hydrogen) atoms. The Morgan fingerprint density at radius 3 is 2.26 bits per heavy atom. The number of aromatic carboxylic acids is 1. The van der Waals surface area contributed by atoms with Gasteiger partial charge >= 0.3 is 5.97 Å². The van der Waals surface area contributed by atoms with Crippen LogP contribution < -0.4 is 5.32 Å². The minimum absolute atomic E-state index is 0.259. The summed E-state index contributed by atoms with van der Waals surface area (Å²) >= 11 is 0. The van der Waals surface area contributed by atoms with E-state index in [2.05, 4.69) is 38.0 Å². The number of aromatic nitrogens is 1. The van der Waals surface area contributed by atoms with E-state index in [0.29, 0.717) is 23.4 Å². The number of nitrogens with one attached hydrogen (secondary N) is 1. The Morgan fingerprint density at radius 1 is 1.26 bits per heavy atom. The Balaban J connectivity index is 2.73. The van der Waals surface area contributed by atoms with Crippen LogP contribution >= 0.6 is 0 Å². The average molecular weight is 264 g/mol. The summed E-state index contributed by atoms with van der Waals surface area (Å²) in [5.74, 6) is 1.59. The molecule has 0 aliphatic carbocycles. The van der Waals surface area contributed by atoms with Gasteiger partial charge in [-0.1, -0.05) is 27.7 Å². The number of carboxylic acid groups (broad SMARTS) is 1. The Labute approximate surface area is 115 Å². The number of pyridine rings is 1. The largest absolute Gasteiger partial charge is 0.478 e. The highest BCUT2D eigenvalue weighted by Crippen LogP contribution is 2.21. The molecule has 0 aliphatic rings. The van der Waals surface area contributed by atoms with Crippen LogP contribution in [0.5, 0.6) is 0 Å². The molecule has 1 rings (SSSR count).